The third-order valence-electron chi connectivity index (χ3n) is 2.27. The molecule has 0 heterocycles. The van der Waals surface area contributed by atoms with Crippen molar-refractivity contribution in [3.05, 3.63) is 23.8 Å². The first kappa shape index (κ1) is 18.6. The van der Waals surface area contributed by atoms with E-state index in [2.05, 4.69) is 5.32 Å². The van der Waals surface area contributed by atoms with Gasteiger partial charge in [-0.1, -0.05) is 18.2 Å². The molecule has 0 aromatic heterocycles. The second-order valence-corrected chi connectivity index (χ2v) is 3.88. The van der Waals surface area contributed by atoms with E-state index >= 15 is 0 Å². The molecule has 1 amide bonds. The molecular formula is C14H26N2O4. The number of allylic oxidation sites excluding steroid dienone is 2. The van der Waals surface area contributed by atoms with Crippen molar-refractivity contribution in [3.8, 4) is 0 Å². The summed E-state index contributed by atoms with van der Waals surface area (Å²) < 4.78 is 15.4. The summed E-state index contributed by atoms with van der Waals surface area (Å²) in [6, 6.07) is 0. The Bertz CT molecular complexity index is 304. The third-order valence-corrected chi connectivity index (χ3v) is 2.27. The molecule has 0 aromatic rings. The molecule has 3 N–H and O–H groups in total. The van der Waals surface area contributed by atoms with Gasteiger partial charge in [0.1, 0.15) is 6.61 Å². The van der Waals surface area contributed by atoms with E-state index in [1.165, 1.54) is 0 Å². The van der Waals surface area contributed by atoms with Gasteiger partial charge in [0.25, 0.3) is 0 Å². The number of ether oxygens (including phenoxy) is 3. The second kappa shape index (κ2) is 14.0. The first-order chi connectivity index (χ1) is 9.74. The highest BCUT2D eigenvalue weighted by atomic mass is 16.5. The van der Waals surface area contributed by atoms with E-state index in [4.69, 9.17) is 19.9 Å². The Hall–Kier alpha value is -1.37. The molecule has 0 spiro atoms. The van der Waals surface area contributed by atoms with Gasteiger partial charge in [0, 0.05) is 13.1 Å². The van der Waals surface area contributed by atoms with Crippen molar-refractivity contribution < 1.29 is 19.0 Å². The lowest BCUT2D eigenvalue weighted by atomic mass is 10.2. The van der Waals surface area contributed by atoms with Crippen LogP contribution < -0.4 is 11.1 Å². The van der Waals surface area contributed by atoms with Gasteiger partial charge in [-0.25, -0.2) is 4.79 Å². The van der Waals surface area contributed by atoms with Gasteiger partial charge in [-0.3, -0.25) is 0 Å². The molecule has 0 aromatic carbocycles. The minimum atomic E-state index is -0.447. The standard InChI is InChI=1S/C14H26N2O4/c1-3-5-13(4-2)12-20-14(17)16-7-9-19-11-10-18-8-6-15/h3-5H,6-12,15H2,1-2H3,(H,16,17)/b5-3-,13-4+. The third kappa shape index (κ3) is 11.7. The van der Waals surface area contributed by atoms with Crippen LogP contribution in [-0.2, 0) is 14.2 Å². The molecule has 0 atom stereocenters. The average molecular weight is 286 g/mol. The van der Waals surface area contributed by atoms with Crippen LogP contribution in [0.1, 0.15) is 13.8 Å². The predicted molar refractivity (Wildman–Crippen MR) is 78.6 cm³/mol. The average Bonchev–Trinajstić information content (AvgIpc) is 2.46. The number of hydrogen-bond donors (Lipinski definition) is 2. The van der Waals surface area contributed by atoms with Crippen LogP contribution in [-0.4, -0.2) is 52.2 Å². The zero-order chi connectivity index (χ0) is 15.1. The Morgan fingerprint density at radius 2 is 1.85 bits per heavy atom. The lowest BCUT2D eigenvalue weighted by Crippen LogP contribution is -2.28. The van der Waals surface area contributed by atoms with Gasteiger partial charge in [-0.05, 0) is 19.4 Å². The number of nitrogens with two attached hydrogens (primary N) is 1. The van der Waals surface area contributed by atoms with Crippen molar-refractivity contribution in [1.82, 2.24) is 5.32 Å². The molecule has 0 aliphatic carbocycles. The number of nitrogens with one attached hydrogen (secondary N) is 1. The lowest BCUT2D eigenvalue weighted by molar-refractivity contribution is 0.0514. The fourth-order valence-corrected chi connectivity index (χ4v) is 1.27. The summed E-state index contributed by atoms with van der Waals surface area (Å²) in [6.45, 7) is 6.95. The van der Waals surface area contributed by atoms with Crippen molar-refractivity contribution >= 4 is 6.09 Å². The van der Waals surface area contributed by atoms with Gasteiger partial charge in [-0.15, -0.1) is 0 Å². The van der Waals surface area contributed by atoms with Gasteiger partial charge >= 0.3 is 6.09 Å². The van der Waals surface area contributed by atoms with E-state index < -0.39 is 6.09 Å². The quantitative estimate of drug-likeness (QED) is 0.441. The maximum atomic E-state index is 11.4. The molecule has 0 radical (unpaired) electrons. The molecule has 6 nitrogen and oxygen atoms in total. The van der Waals surface area contributed by atoms with Gasteiger partial charge in [0.05, 0.1) is 26.4 Å². The molecular weight excluding hydrogens is 260 g/mol. The number of amides is 1. The van der Waals surface area contributed by atoms with Gasteiger partial charge in [0.2, 0.25) is 0 Å². The van der Waals surface area contributed by atoms with Crippen molar-refractivity contribution in [2.45, 2.75) is 13.8 Å². The van der Waals surface area contributed by atoms with Crippen LogP contribution in [0.25, 0.3) is 0 Å². The maximum Gasteiger partial charge on any atom is 0.407 e. The Balaban J connectivity index is 3.45. The summed E-state index contributed by atoms with van der Waals surface area (Å²) in [6.07, 6.45) is 5.25. The van der Waals surface area contributed by atoms with Crippen LogP contribution in [0.5, 0.6) is 0 Å². The van der Waals surface area contributed by atoms with Crippen LogP contribution in [0.3, 0.4) is 0 Å². The molecule has 0 fully saturated rings. The van der Waals surface area contributed by atoms with Gasteiger partial charge in [-0.2, -0.15) is 0 Å². The Morgan fingerprint density at radius 1 is 1.15 bits per heavy atom. The Labute approximate surface area is 120 Å². The fourth-order valence-electron chi connectivity index (χ4n) is 1.27. The summed E-state index contributed by atoms with van der Waals surface area (Å²) in [5.41, 5.74) is 6.22. The van der Waals surface area contributed by atoms with Crippen LogP contribution in [0, 0.1) is 0 Å². The van der Waals surface area contributed by atoms with Crippen LogP contribution >= 0.6 is 0 Å². The molecule has 0 saturated carbocycles. The molecule has 0 aliphatic rings. The van der Waals surface area contributed by atoms with E-state index in [1.807, 2.05) is 32.1 Å². The first-order valence-corrected chi connectivity index (χ1v) is 6.78. The van der Waals surface area contributed by atoms with Crippen LogP contribution in [0.2, 0.25) is 0 Å². The van der Waals surface area contributed by atoms with E-state index in [9.17, 15) is 4.79 Å². The number of rotatable bonds is 11. The maximum absolute atomic E-state index is 11.4. The Morgan fingerprint density at radius 3 is 2.45 bits per heavy atom. The summed E-state index contributed by atoms with van der Waals surface area (Å²) in [4.78, 5) is 11.4. The van der Waals surface area contributed by atoms with E-state index in [0.717, 1.165) is 5.57 Å². The highest BCUT2D eigenvalue weighted by Crippen LogP contribution is 1.97. The van der Waals surface area contributed by atoms with Crippen molar-refractivity contribution in [1.29, 1.82) is 0 Å². The summed E-state index contributed by atoms with van der Waals surface area (Å²) in [7, 11) is 0. The number of hydrogen-bond acceptors (Lipinski definition) is 5. The SMILES string of the molecule is C/C=C\C(=C/C)COC(=O)NCCOCCOCCN. The number of alkyl carbamates (subject to hydrolysis) is 1. The van der Waals surface area contributed by atoms with Crippen molar-refractivity contribution in [2.24, 2.45) is 5.73 Å². The van der Waals surface area contributed by atoms with E-state index in [1.54, 1.807) is 0 Å². The number of carbonyl (C=O) groups is 1. The highest BCUT2D eigenvalue weighted by Gasteiger charge is 2.01. The second-order valence-electron chi connectivity index (χ2n) is 3.88. The lowest BCUT2D eigenvalue weighted by Gasteiger charge is -2.08. The molecule has 6 heteroatoms. The molecule has 0 unspecified atom stereocenters. The topological polar surface area (TPSA) is 82.8 Å². The van der Waals surface area contributed by atoms with Crippen LogP contribution in [0.4, 0.5) is 4.79 Å². The minimum Gasteiger partial charge on any atom is -0.445 e. The summed E-state index contributed by atoms with van der Waals surface area (Å²) in [5, 5.41) is 2.61. The van der Waals surface area contributed by atoms with Crippen molar-refractivity contribution in [2.75, 3.05) is 46.1 Å². The smallest absolute Gasteiger partial charge is 0.407 e. The molecule has 0 saturated heterocycles. The zero-order valence-electron chi connectivity index (χ0n) is 12.4. The summed E-state index contributed by atoms with van der Waals surface area (Å²) >= 11 is 0. The minimum absolute atomic E-state index is 0.264. The van der Waals surface area contributed by atoms with Crippen molar-refractivity contribution in [3.63, 3.8) is 0 Å². The molecule has 0 bridgehead atoms. The monoisotopic (exact) mass is 286 g/mol. The Kier molecular flexibility index (Phi) is 13.1. The summed E-state index contributed by atoms with van der Waals surface area (Å²) in [5.74, 6) is 0. The molecule has 20 heavy (non-hydrogen) atoms. The highest BCUT2D eigenvalue weighted by molar-refractivity contribution is 5.67. The first-order valence-electron chi connectivity index (χ1n) is 6.78. The van der Waals surface area contributed by atoms with Gasteiger partial charge < -0.3 is 25.3 Å². The zero-order valence-corrected chi connectivity index (χ0v) is 12.4. The predicted octanol–water partition coefficient (Wildman–Crippen LogP) is 1.23. The number of carbonyl (C=O) groups excluding carboxylic acids is 1. The fraction of sp³-hybridized carbons (Fsp3) is 0.643. The normalized spacial score (nSPS) is 11.8. The molecule has 0 rings (SSSR count). The van der Waals surface area contributed by atoms with E-state index in [0.29, 0.717) is 39.5 Å². The molecule has 116 valence electrons. The van der Waals surface area contributed by atoms with Gasteiger partial charge in [0.15, 0.2) is 0 Å². The van der Waals surface area contributed by atoms with Crippen LogP contribution in [0.15, 0.2) is 23.8 Å². The van der Waals surface area contributed by atoms with E-state index in [-0.39, 0.29) is 6.61 Å². The largest absolute Gasteiger partial charge is 0.445 e. The molecule has 0 aliphatic heterocycles.